The molecule has 0 aliphatic carbocycles. The molecule has 0 aromatic carbocycles. The number of hydrogen-bond donors (Lipinski definition) is 0. The molecule has 0 N–H and O–H groups in total. The van der Waals surface area contributed by atoms with Crippen molar-refractivity contribution in [2.75, 3.05) is 13.7 Å². The van der Waals surface area contributed by atoms with Crippen LogP contribution in [-0.4, -0.2) is 41.6 Å². The van der Waals surface area contributed by atoms with E-state index in [2.05, 4.69) is 9.89 Å². The van der Waals surface area contributed by atoms with Crippen molar-refractivity contribution in [1.29, 1.82) is 0 Å². The molecule has 1 atom stereocenters. The number of methoxy groups -OCH3 is 1. The van der Waals surface area contributed by atoms with Gasteiger partial charge in [-0.1, -0.05) is 5.16 Å². The molecular formula is C13H18N2O4. The summed E-state index contributed by atoms with van der Waals surface area (Å²) >= 11 is 0. The molecule has 1 aromatic heterocycles. The predicted octanol–water partition coefficient (Wildman–Crippen LogP) is 1.54. The molecule has 1 aliphatic rings. The van der Waals surface area contributed by atoms with E-state index in [0.717, 1.165) is 19.3 Å². The first-order valence-corrected chi connectivity index (χ1v) is 6.43. The molecule has 6 nitrogen and oxygen atoms in total. The van der Waals surface area contributed by atoms with Gasteiger partial charge in [0.15, 0.2) is 5.69 Å². The van der Waals surface area contributed by atoms with Crippen LogP contribution < -0.4 is 0 Å². The summed E-state index contributed by atoms with van der Waals surface area (Å²) in [4.78, 5) is 25.4. The van der Waals surface area contributed by atoms with Gasteiger partial charge in [-0.05, 0) is 26.2 Å². The van der Waals surface area contributed by atoms with Crippen LogP contribution in [0.15, 0.2) is 10.6 Å². The first-order valence-electron chi connectivity index (χ1n) is 6.43. The summed E-state index contributed by atoms with van der Waals surface area (Å²) in [6, 6.07) is 1.51. The Bertz CT molecular complexity index is 469. The topological polar surface area (TPSA) is 72.6 Å². The largest absolute Gasteiger partial charge is 0.469 e. The van der Waals surface area contributed by atoms with Crippen molar-refractivity contribution in [1.82, 2.24) is 10.1 Å². The lowest BCUT2D eigenvalue weighted by Gasteiger charge is -2.34. The molecule has 2 rings (SSSR count). The summed E-state index contributed by atoms with van der Waals surface area (Å²) in [6.45, 7) is 2.39. The first kappa shape index (κ1) is 13.6. The molecule has 0 radical (unpaired) electrons. The molecule has 1 saturated heterocycles. The van der Waals surface area contributed by atoms with Gasteiger partial charge in [0.25, 0.3) is 5.91 Å². The number of ether oxygens (including phenoxy) is 1. The molecule has 0 spiro atoms. The molecule has 2 heterocycles. The van der Waals surface area contributed by atoms with Gasteiger partial charge in [-0.15, -0.1) is 0 Å². The molecule has 1 aromatic rings. The van der Waals surface area contributed by atoms with Crippen LogP contribution in [0, 0.1) is 6.92 Å². The maximum absolute atomic E-state index is 12.3. The predicted molar refractivity (Wildman–Crippen MR) is 66.5 cm³/mol. The lowest BCUT2D eigenvalue weighted by molar-refractivity contribution is -0.142. The van der Waals surface area contributed by atoms with Crippen LogP contribution in [0.2, 0.25) is 0 Å². The minimum atomic E-state index is -0.291. The van der Waals surface area contributed by atoms with Crippen molar-refractivity contribution in [3.05, 3.63) is 17.5 Å². The van der Waals surface area contributed by atoms with Gasteiger partial charge in [-0.3, -0.25) is 9.59 Å². The lowest BCUT2D eigenvalue weighted by atomic mass is 9.99. The normalized spacial score (nSPS) is 19.3. The van der Waals surface area contributed by atoms with Crippen molar-refractivity contribution in [3.63, 3.8) is 0 Å². The Balaban J connectivity index is 2.10. The third-order valence-corrected chi connectivity index (χ3v) is 3.37. The maximum Gasteiger partial charge on any atom is 0.307 e. The van der Waals surface area contributed by atoms with E-state index in [4.69, 9.17) is 4.52 Å². The summed E-state index contributed by atoms with van der Waals surface area (Å²) in [5.41, 5.74) is 0.300. The summed E-state index contributed by atoms with van der Waals surface area (Å²) < 4.78 is 9.60. The van der Waals surface area contributed by atoms with Gasteiger partial charge in [-0.25, -0.2) is 0 Å². The van der Waals surface area contributed by atoms with Crippen LogP contribution in [0.5, 0.6) is 0 Å². The van der Waals surface area contributed by atoms with Gasteiger partial charge in [0, 0.05) is 18.7 Å². The first-order chi connectivity index (χ1) is 9.11. The van der Waals surface area contributed by atoms with E-state index < -0.39 is 0 Å². The van der Waals surface area contributed by atoms with E-state index in [1.54, 1.807) is 17.9 Å². The number of aromatic nitrogens is 1. The maximum atomic E-state index is 12.3. The third kappa shape index (κ3) is 3.13. The number of rotatable bonds is 3. The molecule has 1 aliphatic heterocycles. The second kappa shape index (κ2) is 5.86. The molecule has 104 valence electrons. The number of carbonyl (C=O) groups is 2. The average Bonchev–Trinajstić information content (AvgIpc) is 2.85. The minimum absolute atomic E-state index is 0.106. The molecule has 1 unspecified atom stereocenters. The molecule has 6 heteroatoms. The number of carbonyl (C=O) groups excluding carboxylic acids is 2. The Morgan fingerprint density at radius 2 is 2.32 bits per heavy atom. The smallest absolute Gasteiger partial charge is 0.307 e. The fourth-order valence-corrected chi connectivity index (χ4v) is 2.37. The standard InChI is InChI=1S/C13H18N2O4/c1-9-7-11(14-19-9)13(17)15-6-4-3-5-10(15)8-12(16)18-2/h7,10H,3-6,8H2,1-2H3. The lowest BCUT2D eigenvalue weighted by Crippen LogP contribution is -2.45. The van der Waals surface area contributed by atoms with Crippen LogP contribution in [0.3, 0.4) is 0 Å². The average molecular weight is 266 g/mol. The summed E-state index contributed by atoms with van der Waals surface area (Å²) in [7, 11) is 1.36. The molecule has 1 fully saturated rings. The number of esters is 1. The van der Waals surface area contributed by atoms with Crippen molar-refractivity contribution in [3.8, 4) is 0 Å². The molecular weight excluding hydrogens is 248 g/mol. The zero-order valence-electron chi connectivity index (χ0n) is 11.2. The van der Waals surface area contributed by atoms with Gasteiger partial charge in [-0.2, -0.15) is 0 Å². The van der Waals surface area contributed by atoms with E-state index in [-0.39, 0.29) is 24.3 Å². The third-order valence-electron chi connectivity index (χ3n) is 3.37. The molecule has 0 saturated carbocycles. The second-order valence-electron chi connectivity index (χ2n) is 4.75. The zero-order chi connectivity index (χ0) is 13.8. The SMILES string of the molecule is COC(=O)CC1CCCCN1C(=O)c1cc(C)on1. The Morgan fingerprint density at radius 1 is 1.53 bits per heavy atom. The Labute approximate surface area is 111 Å². The van der Waals surface area contributed by atoms with Crippen LogP contribution in [0.25, 0.3) is 0 Å². The number of hydrogen-bond acceptors (Lipinski definition) is 5. The van der Waals surface area contributed by atoms with Gasteiger partial charge in [0.2, 0.25) is 0 Å². The quantitative estimate of drug-likeness (QED) is 0.776. The van der Waals surface area contributed by atoms with E-state index in [1.165, 1.54) is 7.11 Å². The molecule has 0 bridgehead atoms. The van der Waals surface area contributed by atoms with Gasteiger partial charge < -0.3 is 14.2 Å². The van der Waals surface area contributed by atoms with Gasteiger partial charge in [0.1, 0.15) is 5.76 Å². The van der Waals surface area contributed by atoms with Crippen LogP contribution in [0.1, 0.15) is 41.9 Å². The highest BCUT2D eigenvalue weighted by Gasteiger charge is 2.30. The number of amides is 1. The van der Waals surface area contributed by atoms with Crippen LogP contribution in [0.4, 0.5) is 0 Å². The number of piperidine rings is 1. The van der Waals surface area contributed by atoms with Crippen molar-refractivity contribution in [2.45, 2.75) is 38.6 Å². The Kier molecular flexibility index (Phi) is 4.19. The fraction of sp³-hybridized carbons (Fsp3) is 0.615. The van der Waals surface area contributed by atoms with E-state index in [0.29, 0.717) is 18.0 Å². The highest BCUT2D eigenvalue weighted by Crippen LogP contribution is 2.22. The van der Waals surface area contributed by atoms with Crippen LogP contribution >= 0.6 is 0 Å². The zero-order valence-corrected chi connectivity index (χ0v) is 11.2. The highest BCUT2D eigenvalue weighted by atomic mass is 16.5. The van der Waals surface area contributed by atoms with Gasteiger partial charge in [0.05, 0.1) is 13.5 Å². The van der Waals surface area contributed by atoms with Crippen molar-refractivity contribution in [2.24, 2.45) is 0 Å². The van der Waals surface area contributed by atoms with Gasteiger partial charge >= 0.3 is 5.97 Å². The summed E-state index contributed by atoms with van der Waals surface area (Å²) in [5, 5.41) is 3.74. The Morgan fingerprint density at radius 3 is 2.95 bits per heavy atom. The monoisotopic (exact) mass is 266 g/mol. The molecule has 19 heavy (non-hydrogen) atoms. The van der Waals surface area contributed by atoms with E-state index in [9.17, 15) is 9.59 Å². The highest BCUT2D eigenvalue weighted by molar-refractivity contribution is 5.92. The summed E-state index contributed by atoms with van der Waals surface area (Å²) in [6.07, 6.45) is 3.01. The second-order valence-corrected chi connectivity index (χ2v) is 4.75. The minimum Gasteiger partial charge on any atom is -0.469 e. The van der Waals surface area contributed by atoms with E-state index in [1.807, 2.05) is 0 Å². The number of likely N-dealkylation sites (tertiary alicyclic amines) is 1. The Hall–Kier alpha value is -1.85. The summed E-state index contributed by atoms with van der Waals surface area (Å²) in [5.74, 6) is 0.136. The molecule has 1 amide bonds. The van der Waals surface area contributed by atoms with E-state index >= 15 is 0 Å². The number of nitrogens with zero attached hydrogens (tertiary/aromatic N) is 2. The van der Waals surface area contributed by atoms with Crippen molar-refractivity contribution >= 4 is 11.9 Å². The van der Waals surface area contributed by atoms with Crippen molar-refractivity contribution < 1.29 is 18.8 Å². The van der Waals surface area contributed by atoms with Crippen LogP contribution in [-0.2, 0) is 9.53 Å². The fourth-order valence-electron chi connectivity index (χ4n) is 2.37. The number of aryl methyl sites for hydroxylation is 1.